The first-order valence-corrected chi connectivity index (χ1v) is 8.91. The van der Waals surface area contributed by atoms with Gasteiger partial charge >= 0.3 is 0 Å². The molecule has 0 saturated carbocycles. The lowest BCUT2D eigenvalue weighted by Gasteiger charge is -2.27. The maximum Gasteiger partial charge on any atom is 0.227 e. The van der Waals surface area contributed by atoms with Gasteiger partial charge in [-0.3, -0.25) is 9.69 Å². The van der Waals surface area contributed by atoms with Gasteiger partial charge in [0, 0.05) is 57.7 Å². The summed E-state index contributed by atoms with van der Waals surface area (Å²) < 4.78 is 10.4. The third kappa shape index (κ3) is 6.50. The van der Waals surface area contributed by atoms with Crippen LogP contribution in [0.4, 0.5) is 0 Å². The van der Waals surface area contributed by atoms with E-state index in [-0.39, 0.29) is 18.3 Å². The summed E-state index contributed by atoms with van der Waals surface area (Å²) in [5.41, 5.74) is 0.848. The summed E-state index contributed by atoms with van der Waals surface area (Å²) >= 11 is 0. The molecule has 1 saturated heterocycles. The molecule has 0 spiro atoms. The zero-order valence-corrected chi connectivity index (χ0v) is 16.3. The van der Waals surface area contributed by atoms with Gasteiger partial charge in [-0.05, 0) is 24.3 Å². The monoisotopic (exact) mass is 395 g/mol. The minimum Gasteiger partial charge on any atom is -0.497 e. The summed E-state index contributed by atoms with van der Waals surface area (Å²) in [7, 11) is 1.62. The number of carbonyl (C=O) groups is 1. The molecule has 0 bridgehead atoms. The molecule has 2 N–H and O–H groups in total. The number of nitrogens with zero attached hydrogens (tertiary/aromatic N) is 3. The van der Waals surface area contributed by atoms with E-state index in [1.54, 1.807) is 7.11 Å². The number of aromatic nitrogens is 2. The number of amides is 1. The van der Waals surface area contributed by atoms with Crippen molar-refractivity contribution in [3.63, 3.8) is 0 Å². The second-order valence-electron chi connectivity index (χ2n) is 6.18. The highest BCUT2D eigenvalue weighted by molar-refractivity contribution is 5.85. The topological polar surface area (TPSA) is 92.5 Å². The van der Waals surface area contributed by atoms with Crippen LogP contribution in [-0.4, -0.2) is 67.3 Å². The first kappa shape index (κ1) is 21.1. The zero-order valence-electron chi connectivity index (χ0n) is 15.4. The zero-order chi connectivity index (χ0) is 18.2. The molecule has 0 unspecified atom stereocenters. The highest BCUT2D eigenvalue weighted by atomic mass is 35.5. The van der Waals surface area contributed by atoms with Gasteiger partial charge in [0.25, 0.3) is 0 Å². The number of carbonyl (C=O) groups excluding carboxylic acids is 1. The van der Waals surface area contributed by atoms with E-state index in [2.05, 4.69) is 25.7 Å². The SMILES string of the molecule is COc1ccc(-c2noc(CCC(=O)NCCN3CCNCC3)n2)cc1.Cl. The summed E-state index contributed by atoms with van der Waals surface area (Å²) in [6.07, 6.45) is 0.772. The van der Waals surface area contributed by atoms with E-state index >= 15 is 0 Å². The number of ether oxygens (including phenoxy) is 1. The molecule has 1 amide bonds. The lowest BCUT2D eigenvalue weighted by Crippen LogP contribution is -2.46. The predicted octanol–water partition coefficient (Wildman–Crippen LogP) is 1.12. The van der Waals surface area contributed by atoms with Crippen molar-refractivity contribution < 1.29 is 14.1 Å². The first-order valence-electron chi connectivity index (χ1n) is 8.91. The average molecular weight is 396 g/mol. The van der Waals surface area contributed by atoms with E-state index in [0.717, 1.165) is 44.0 Å². The van der Waals surface area contributed by atoms with Crippen LogP contribution in [-0.2, 0) is 11.2 Å². The summed E-state index contributed by atoms with van der Waals surface area (Å²) in [6.45, 7) is 5.65. The van der Waals surface area contributed by atoms with Gasteiger partial charge in [0.2, 0.25) is 17.6 Å². The van der Waals surface area contributed by atoms with E-state index in [1.165, 1.54) is 0 Å². The molecule has 27 heavy (non-hydrogen) atoms. The van der Waals surface area contributed by atoms with Gasteiger partial charge in [0.1, 0.15) is 5.75 Å². The first-order chi connectivity index (χ1) is 12.7. The third-order valence-electron chi connectivity index (χ3n) is 4.34. The Hall–Kier alpha value is -2.16. The van der Waals surface area contributed by atoms with Gasteiger partial charge in [-0.1, -0.05) is 5.16 Å². The summed E-state index contributed by atoms with van der Waals surface area (Å²) in [6, 6.07) is 7.43. The second-order valence-corrected chi connectivity index (χ2v) is 6.18. The van der Waals surface area contributed by atoms with Crippen molar-refractivity contribution in [1.82, 2.24) is 25.7 Å². The number of benzene rings is 1. The van der Waals surface area contributed by atoms with Crippen LogP contribution in [0.25, 0.3) is 11.4 Å². The molecule has 2 heterocycles. The fraction of sp³-hybridized carbons (Fsp3) is 0.500. The van der Waals surface area contributed by atoms with Crippen molar-refractivity contribution in [2.24, 2.45) is 0 Å². The van der Waals surface area contributed by atoms with E-state index in [0.29, 0.717) is 31.1 Å². The molecule has 9 heteroatoms. The van der Waals surface area contributed by atoms with Gasteiger partial charge in [0.05, 0.1) is 7.11 Å². The van der Waals surface area contributed by atoms with Gasteiger partial charge in [-0.15, -0.1) is 12.4 Å². The van der Waals surface area contributed by atoms with E-state index in [4.69, 9.17) is 9.26 Å². The molecular weight excluding hydrogens is 370 g/mol. The van der Waals surface area contributed by atoms with Crippen LogP contribution in [0.15, 0.2) is 28.8 Å². The van der Waals surface area contributed by atoms with Crippen LogP contribution in [0.1, 0.15) is 12.3 Å². The highest BCUT2D eigenvalue weighted by Crippen LogP contribution is 2.19. The van der Waals surface area contributed by atoms with Crippen molar-refractivity contribution in [2.45, 2.75) is 12.8 Å². The van der Waals surface area contributed by atoms with Crippen LogP contribution in [0.5, 0.6) is 5.75 Å². The van der Waals surface area contributed by atoms with Crippen LogP contribution < -0.4 is 15.4 Å². The number of aryl methyl sites for hydroxylation is 1. The number of piperazine rings is 1. The number of rotatable bonds is 8. The van der Waals surface area contributed by atoms with Crippen LogP contribution in [0, 0.1) is 0 Å². The Labute approximate surface area is 165 Å². The maximum absolute atomic E-state index is 12.0. The fourth-order valence-corrected chi connectivity index (χ4v) is 2.81. The molecule has 148 valence electrons. The number of methoxy groups -OCH3 is 1. The maximum atomic E-state index is 12.0. The van der Waals surface area contributed by atoms with E-state index < -0.39 is 0 Å². The Kier molecular flexibility index (Phi) is 8.50. The Morgan fingerprint density at radius 1 is 1.30 bits per heavy atom. The van der Waals surface area contributed by atoms with E-state index in [9.17, 15) is 4.79 Å². The average Bonchev–Trinajstić information content (AvgIpc) is 3.16. The fourth-order valence-electron chi connectivity index (χ4n) is 2.81. The molecule has 1 aromatic carbocycles. The molecule has 0 atom stereocenters. The van der Waals surface area contributed by atoms with Crippen LogP contribution in [0.2, 0.25) is 0 Å². The van der Waals surface area contributed by atoms with E-state index in [1.807, 2.05) is 24.3 Å². The highest BCUT2D eigenvalue weighted by Gasteiger charge is 2.12. The van der Waals surface area contributed by atoms with Crippen LogP contribution in [0.3, 0.4) is 0 Å². The largest absolute Gasteiger partial charge is 0.497 e. The second kappa shape index (κ2) is 10.9. The molecule has 0 aliphatic carbocycles. The molecule has 8 nitrogen and oxygen atoms in total. The number of hydrogen-bond acceptors (Lipinski definition) is 7. The van der Waals surface area contributed by atoms with Gasteiger partial charge in [0.15, 0.2) is 0 Å². The lowest BCUT2D eigenvalue weighted by molar-refractivity contribution is -0.121. The third-order valence-corrected chi connectivity index (χ3v) is 4.34. The Balaban J connectivity index is 0.00000261. The molecule has 3 rings (SSSR count). The normalized spacial score (nSPS) is 14.4. The Morgan fingerprint density at radius 3 is 2.74 bits per heavy atom. The molecule has 0 radical (unpaired) electrons. The van der Waals surface area contributed by atoms with Crippen molar-refractivity contribution >= 4 is 18.3 Å². The Morgan fingerprint density at radius 2 is 2.04 bits per heavy atom. The van der Waals surface area contributed by atoms with Crippen molar-refractivity contribution in [3.8, 4) is 17.1 Å². The number of nitrogens with one attached hydrogen (secondary N) is 2. The Bertz CT molecular complexity index is 701. The minimum absolute atomic E-state index is 0. The number of hydrogen-bond donors (Lipinski definition) is 2. The quantitative estimate of drug-likeness (QED) is 0.691. The lowest BCUT2D eigenvalue weighted by atomic mass is 10.2. The summed E-state index contributed by atoms with van der Waals surface area (Å²) in [5, 5.41) is 10.2. The summed E-state index contributed by atoms with van der Waals surface area (Å²) in [5.74, 6) is 1.76. The van der Waals surface area contributed by atoms with Gasteiger partial charge < -0.3 is 19.9 Å². The number of halogens is 1. The minimum atomic E-state index is 0. The van der Waals surface area contributed by atoms with Crippen molar-refractivity contribution in [3.05, 3.63) is 30.2 Å². The van der Waals surface area contributed by atoms with Crippen molar-refractivity contribution in [1.29, 1.82) is 0 Å². The predicted molar refractivity (Wildman–Crippen MR) is 104 cm³/mol. The molecule has 1 aromatic heterocycles. The molecule has 2 aromatic rings. The summed E-state index contributed by atoms with van der Waals surface area (Å²) in [4.78, 5) is 18.7. The smallest absolute Gasteiger partial charge is 0.227 e. The van der Waals surface area contributed by atoms with Gasteiger partial charge in [-0.25, -0.2) is 0 Å². The van der Waals surface area contributed by atoms with Gasteiger partial charge in [-0.2, -0.15) is 4.98 Å². The molecule has 1 fully saturated rings. The van der Waals surface area contributed by atoms with Crippen LogP contribution >= 0.6 is 12.4 Å². The molecule has 1 aliphatic rings. The standard InChI is InChI=1S/C18H25N5O3.ClH/c1-25-15-4-2-14(3-5-15)18-21-17(26-22-18)7-6-16(24)20-10-13-23-11-8-19-9-12-23;/h2-5,19H,6-13H2,1H3,(H,20,24);1H. The molecular formula is C18H26ClN5O3. The van der Waals surface area contributed by atoms with Crippen molar-refractivity contribution in [2.75, 3.05) is 46.4 Å². The molecule has 1 aliphatic heterocycles.